The maximum Gasteiger partial charge on any atom is 0.153 e. The quantitative estimate of drug-likeness (QED) is 0.340. The Balaban J connectivity index is 1.41. The Morgan fingerprint density at radius 3 is 2.14 bits per heavy atom. The summed E-state index contributed by atoms with van der Waals surface area (Å²) >= 11 is 0. The zero-order valence-corrected chi connectivity index (χ0v) is 21.1. The van der Waals surface area contributed by atoms with Crippen molar-refractivity contribution in [1.29, 1.82) is 0 Å². The van der Waals surface area contributed by atoms with Gasteiger partial charge < -0.3 is 10.0 Å². The van der Waals surface area contributed by atoms with E-state index in [2.05, 4.69) is 95.0 Å². The summed E-state index contributed by atoms with van der Waals surface area (Å²) in [5, 5.41) is 25.2. The number of rotatable bonds is 8. The number of hydrogen-bond donors (Lipinski definition) is 2. The first-order valence-electron chi connectivity index (χ1n) is 12.7. The van der Waals surface area contributed by atoms with Gasteiger partial charge in [0.1, 0.15) is 17.6 Å². The first kappa shape index (κ1) is 24.1. The monoisotopic (exact) mass is 483 g/mol. The minimum absolute atomic E-state index is 0.213. The average molecular weight is 484 g/mol. The van der Waals surface area contributed by atoms with Crippen LogP contribution in [0.1, 0.15) is 60.9 Å². The molecule has 8 heteroatoms. The number of fused-ring (bicyclic) bond motifs is 1. The van der Waals surface area contributed by atoms with E-state index in [1.54, 1.807) is 0 Å². The summed E-state index contributed by atoms with van der Waals surface area (Å²) in [7, 11) is 2.08. The van der Waals surface area contributed by atoms with Gasteiger partial charge in [0, 0.05) is 30.6 Å². The number of aliphatic hydroxyl groups is 1. The third-order valence-corrected chi connectivity index (χ3v) is 7.09. The van der Waals surface area contributed by atoms with Gasteiger partial charge in [-0.1, -0.05) is 72.5 Å². The van der Waals surface area contributed by atoms with E-state index in [9.17, 15) is 5.11 Å². The summed E-state index contributed by atoms with van der Waals surface area (Å²) < 4.78 is 0. The molecule has 0 fully saturated rings. The summed E-state index contributed by atoms with van der Waals surface area (Å²) in [6.07, 6.45) is 5.05. The Bertz CT molecular complexity index is 1290. The molecule has 0 saturated carbocycles. The molecule has 0 saturated heterocycles. The Hall–Kier alpha value is -3.65. The second kappa shape index (κ2) is 10.5. The minimum Gasteiger partial charge on any atom is -0.387 e. The lowest BCUT2D eigenvalue weighted by molar-refractivity contribution is 0.142. The molecule has 2 N–H and O–H groups in total. The molecule has 186 valence electrons. The number of unbranched alkanes of at least 4 members (excludes halogenated alkanes) is 2. The molecule has 1 aliphatic rings. The fourth-order valence-electron chi connectivity index (χ4n) is 4.89. The van der Waals surface area contributed by atoms with Gasteiger partial charge in [-0.15, -0.1) is 5.10 Å². The summed E-state index contributed by atoms with van der Waals surface area (Å²) in [6, 6.07) is 17.0. The first-order valence-corrected chi connectivity index (χ1v) is 12.7. The predicted octanol–water partition coefficient (Wildman–Crippen LogP) is 4.99. The number of tetrazole rings is 1. The van der Waals surface area contributed by atoms with E-state index in [1.165, 1.54) is 11.1 Å². The van der Waals surface area contributed by atoms with Crippen LogP contribution in [-0.2, 0) is 6.42 Å². The fraction of sp³-hybridized carbons (Fsp3) is 0.393. The van der Waals surface area contributed by atoms with Crippen molar-refractivity contribution in [2.75, 3.05) is 11.9 Å². The highest BCUT2D eigenvalue weighted by Gasteiger charge is 2.33. The molecular weight excluding hydrogens is 450 g/mol. The smallest absolute Gasteiger partial charge is 0.153 e. The van der Waals surface area contributed by atoms with Crippen LogP contribution in [0.4, 0.5) is 5.82 Å². The molecular formula is C28H33N7O. The van der Waals surface area contributed by atoms with Crippen LogP contribution in [0.25, 0.3) is 22.5 Å². The molecule has 2 unspecified atom stereocenters. The Kier molecular flexibility index (Phi) is 7.04. The molecule has 0 spiro atoms. The van der Waals surface area contributed by atoms with Gasteiger partial charge in [-0.25, -0.2) is 15.1 Å². The highest BCUT2D eigenvalue weighted by Crippen LogP contribution is 2.40. The molecule has 8 nitrogen and oxygen atoms in total. The molecule has 0 aliphatic carbocycles. The van der Waals surface area contributed by atoms with E-state index in [0.717, 1.165) is 66.3 Å². The normalized spacial score (nSPS) is 17.3. The Morgan fingerprint density at radius 2 is 1.53 bits per heavy atom. The third kappa shape index (κ3) is 5.14. The van der Waals surface area contributed by atoms with Crippen molar-refractivity contribution < 1.29 is 5.11 Å². The predicted molar refractivity (Wildman–Crippen MR) is 140 cm³/mol. The molecule has 0 radical (unpaired) electrons. The summed E-state index contributed by atoms with van der Waals surface area (Å²) in [6.45, 7) is 4.16. The van der Waals surface area contributed by atoms with Crippen molar-refractivity contribution in [3.05, 3.63) is 71.2 Å². The van der Waals surface area contributed by atoms with Crippen LogP contribution in [0.5, 0.6) is 0 Å². The number of anilines is 1. The van der Waals surface area contributed by atoms with E-state index in [1.807, 2.05) is 0 Å². The number of benzene rings is 2. The maximum atomic E-state index is 11.1. The van der Waals surface area contributed by atoms with Crippen molar-refractivity contribution in [2.24, 2.45) is 0 Å². The van der Waals surface area contributed by atoms with Gasteiger partial charge in [0.25, 0.3) is 0 Å². The first-order chi connectivity index (χ1) is 17.5. The summed E-state index contributed by atoms with van der Waals surface area (Å²) in [4.78, 5) is 12.4. The van der Waals surface area contributed by atoms with Crippen LogP contribution in [0.2, 0.25) is 0 Å². The van der Waals surface area contributed by atoms with Crippen molar-refractivity contribution in [3.8, 4) is 22.5 Å². The van der Waals surface area contributed by atoms with Crippen molar-refractivity contribution in [2.45, 2.75) is 64.5 Å². The van der Waals surface area contributed by atoms with Gasteiger partial charge in [0.05, 0.1) is 11.4 Å². The lowest BCUT2D eigenvalue weighted by Gasteiger charge is -2.37. The topological polar surface area (TPSA) is 104 Å². The van der Waals surface area contributed by atoms with E-state index in [4.69, 9.17) is 9.97 Å². The van der Waals surface area contributed by atoms with E-state index < -0.39 is 6.10 Å². The van der Waals surface area contributed by atoms with Gasteiger partial charge in [0.2, 0.25) is 0 Å². The molecule has 0 bridgehead atoms. The van der Waals surface area contributed by atoms with Gasteiger partial charge in [-0.2, -0.15) is 0 Å². The number of nitrogens with zero attached hydrogens (tertiary/aromatic N) is 6. The molecule has 1 aliphatic heterocycles. The second-order valence-electron chi connectivity index (χ2n) is 9.83. The fourth-order valence-corrected chi connectivity index (χ4v) is 4.89. The van der Waals surface area contributed by atoms with Gasteiger partial charge in [-0.05, 0) is 43.5 Å². The standard InChI is InChI=1S/C28H33N7O/c1-18-9-13-20(14-10-18)25-26(21-15-11-19(2)12-16-21)30-28-27(29-25)23(36)17-22(35(28)3)7-5-4-6-8-24-31-33-34-32-24/h9-16,22-23,36H,4-8,17H2,1-3H3,(H,31,32,33,34). The number of aromatic nitrogens is 6. The van der Waals surface area contributed by atoms with Gasteiger partial charge >= 0.3 is 0 Å². The zero-order chi connectivity index (χ0) is 25.1. The molecule has 2 atom stereocenters. The third-order valence-electron chi connectivity index (χ3n) is 7.09. The number of aliphatic hydroxyl groups excluding tert-OH is 1. The van der Waals surface area contributed by atoms with Crippen LogP contribution in [-0.4, -0.2) is 48.8 Å². The summed E-state index contributed by atoms with van der Waals surface area (Å²) in [5.74, 6) is 1.61. The molecule has 4 aromatic rings. The Morgan fingerprint density at radius 1 is 0.889 bits per heavy atom. The number of hydrogen-bond acceptors (Lipinski definition) is 7. The van der Waals surface area contributed by atoms with Crippen LogP contribution in [0.15, 0.2) is 48.5 Å². The van der Waals surface area contributed by atoms with E-state index in [-0.39, 0.29) is 6.04 Å². The highest BCUT2D eigenvalue weighted by atomic mass is 16.3. The minimum atomic E-state index is -0.634. The van der Waals surface area contributed by atoms with Crippen LogP contribution in [0.3, 0.4) is 0 Å². The number of nitrogens with one attached hydrogen (secondary N) is 1. The van der Waals surface area contributed by atoms with Gasteiger partial charge in [0.15, 0.2) is 5.82 Å². The van der Waals surface area contributed by atoms with Crippen molar-refractivity contribution in [1.82, 2.24) is 30.6 Å². The lowest BCUT2D eigenvalue weighted by Crippen LogP contribution is -2.39. The SMILES string of the molecule is Cc1ccc(-c2nc3c(nc2-c2ccc(C)cc2)N(C)C(CCCCCc2nnn[nH]2)CC3O)cc1. The molecule has 3 heterocycles. The Labute approximate surface area is 211 Å². The molecule has 36 heavy (non-hydrogen) atoms. The number of aromatic amines is 1. The van der Waals surface area contributed by atoms with Crippen molar-refractivity contribution >= 4 is 5.82 Å². The van der Waals surface area contributed by atoms with Crippen LogP contribution < -0.4 is 4.90 Å². The zero-order valence-electron chi connectivity index (χ0n) is 21.1. The largest absolute Gasteiger partial charge is 0.387 e. The maximum absolute atomic E-state index is 11.1. The highest BCUT2D eigenvalue weighted by molar-refractivity contribution is 5.80. The molecule has 2 aromatic carbocycles. The van der Waals surface area contributed by atoms with Crippen molar-refractivity contribution in [3.63, 3.8) is 0 Å². The molecule has 0 amide bonds. The second-order valence-corrected chi connectivity index (χ2v) is 9.83. The van der Waals surface area contributed by atoms with Crippen LogP contribution in [0, 0.1) is 13.8 Å². The van der Waals surface area contributed by atoms with E-state index in [0.29, 0.717) is 12.1 Å². The number of H-pyrrole nitrogens is 1. The lowest BCUT2D eigenvalue weighted by atomic mass is 9.94. The van der Waals surface area contributed by atoms with Gasteiger partial charge in [-0.3, -0.25) is 0 Å². The molecule has 2 aromatic heterocycles. The summed E-state index contributed by atoms with van der Waals surface area (Å²) in [5.41, 5.74) is 6.75. The molecule has 5 rings (SSSR count). The van der Waals surface area contributed by atoms with Crippen LogP contribution >= 0.6 is 0 Å². The van der Waals surface area contributed by atoms with E-state index >= 15 is 0 Å². The number of aryl methyl sites for hydroxylation is 3. The average Bonchev–Trinajstić information content (AvgIpc) is 3.41.